The molecule has 1 unspecified atom stereocenters. The van der Waals surface area contributed by atoms with Crippen LogP contribution in [0, 0.1) is 5.82 Å². The number of carbonyl (C=O) groups excluding carboxylic acids is 1. The zero-order valence-corrected chi connectivity index (χ0v) is 12.5. The molecule has 1 aromatic heterocycles. The summed E-state index contributed by atoms with van der Waals surface area (Å²) in [7, 11) is 1.62. The van der Waals surface area contributed by atoms with Crippen molar-refractivity contribution in [3.8, 4) is 0 Å². The quantitative estimate of drug-likeness (QED) is 0.904. The molecule has 21 heavy (non-hydrogen) atoms. The Morgan fingerprint density at radius 1 is 1.33 bits per heavy atom. The third kappa shape index (κ3) is 3.69. The van der Waals surface area contributed by atoms with Crippen molar-refractivity contribution in [2.24, 2.45) is 0 Å². The summed E-state index contributed by atoms with van der Waals surface area (Å²) < 4.78 is 13.1. The fraction of sp³-hybridized carbons (Fsp3) is 0.143. The minimum atomic E-state index is -0.723. The Morgan fingerprint density at radius 2 is 2.10 bits per heavy atom. The molecule has 110 valence electrons. The second kappa shape index (κ2) is 6.85. The molecule has 0 radical (unpaired) electrons. The molecule has 4 nitrogen and oxygen atoms in total. The largest absolute Gasteiger partial charge is 0.323 e. The summed E-state index contributed by atoms with van der Waals surface area (Å²) in [6, 6.07) is 5.48. The van der Waals surface area contributed by atoms with Crippen LogP contribution in [0.4, 0.5) is 10.1 Å². The van der Waals surface area contributed by atoms with E-state index in [1.165, 1.54) is 12.3 Å². The standard InChI is InChI=1S/C14H12Cl2FN3O/c1-18-13(10-3-2-4-11(15)12(10)16)14(21)20-9-5-8(17)6-19-7-9/h2-7,13,18H,1H3,(H,20,21). The van der Waals surface area contributed by atoms with Crippen molar-refractivity contribution in [1.29, 1.82) is 0 Å². The Bertz CT molecular complexity index is 666. The molecule has 0 aliphatic heterocycles. The lowest BCUT2D eigenvalue weighted by Gasteiger charge is -2.18. The van der Waals surface area contributed by atoms with E-state index in [4.69, 9.17) is 23.2 Å². The number of pyridine rings is 1. The second-order valence-electron chi connectivity index (χ2n) is 4.25. The highest BCUT2D eigenvalue weighted by molar-refractivity contribution is 6.42. The van der Waals surface area contributed by atoms with E-state index in [0.29, 0.717) is 15.6 Å². The fourth-order valence-electron chi connectivity index (χ4n) is 1.87. The first-order chi connectivity index (χ1) is 10.0. The molecule has 7 heteroatoms. The number of benzene rings is 1. The van der Waals surface area contributed by atoms with Gasteiger partial charge in [0.2, 0.25) is 5.91 Å². The zero-order chi connectivity index (χ0) is 15.4. The molecule has 0 saturated heterocycles. The van der Waals surface area contributed by atoms with E-state index < -0.39 is 17.8 Å². The van der Waals surface area contributed by atoms with Gasteiger partial charge in [0.1, 0.15) is 11.9 Å². The van der Waals surface area contributed by atoms with Crippen LogP contribution in [-0.2, 0) is 4.79 Å². The van der Waals surface area contributed by atoms with Gasteiger partial charge >= 0.3 is 0 Å². The lowest BCUT2D eigenvalue weighted by atomic mass is 10.1. The minimum absolute atomic E-state index is 0.262. The first-order valence-corrected chi connectivity index (χ1v) is 6.81. The molecule has 1 aromatic carbocycles. The van der Waals surface area contributed by atoms with Gasteiger partial charge in [-0.2, -0.15) is 0 Å². The molecule has 1 atom stereocenters. The predicted octanol–water partition coefficient (Wildman–Crippen LogP) is 3.43. The number of hydrogen-bond acceptors (Lipinski definition) is 3. The maximum absolute atomic E-state index is 13.1. The first kappa shape index (κ1) is 15.7. The van der Waals surface area contributed by atoms with Gasteiger partial charge in [0.25, 0.3) is 0 Å². The summed E-state index contributed by atoms with van der Waals surface area (Å²) in [5, 5.41) is 6.08. The van der Waals surface area contributed by atoms with E-state index in [1.807, 2.05) is 0 Å². The molecule has 2 rings (SSSR count). The summed E-state index contributed by atoms with van der Waals surface area (Å²) in [5.41, 5.74) is 0.798. The van der Waals surface area contributed by atoms with Crippen LogP contribution < -0.4 is 10.6 Å². The van der Waals surface area contributed by atoms with Gasteiger partial charge in [0.15, 0.2) is 0 Å². The third-order valence-corrected chi connectivity index (χ3v) is 3.65. The Hall–Kier alpha value is -1.69. The van der Waals surface area contributed by atoms with Gasteiger partial charge in [-0.25, -0.2) is 4.39 Å². The van der Waals surface area contributed by atoms with Crippen LogP contribution in [0.3, 0.4) is 0 Å². The van der Waals surface area contributed by atoms with Gasteiger partial charge in [0, 0.05) is 6.07 Å². The average Bonchev–Trinajstić information content (AvgIpc) is 2.44. The minimum Gasteiger partial charge on any atom is -0.323 e. The van der Waals surface area contributed by atoms with Crippen molar-refractivity contribution in [2.75, 3.05) is 12.4 Å². The maximum atomic E-state index is 13.1. The van der Waals surface area contributed by atoms with Gasteiger partial charge < -0.3 is 10.6 Å². The SMILES string of the molecule is CNC(C(=O)Nc1cncc(F)c1)c1cccc(Cl)c1Cl. The summed E-state index contributed by atoms with van der Waals surface area (Å²) in [6.07, 6.45) is 2.41. The summed E-state index contributed by atoms with van der Waals surface area (Å²) in [6.45, 7) is 0. The molecule has 1 heterocycles. The van der Waals surface area contributed by atoms with E-state index in [-0.39, 0.29) is 5.69 Å². The van der Waals surface area contributed by atoms with Crippen molar-refractivity contribution in [3.05, 3.63) is 58.1 Å². The van der Waals surface area contributed by atoms with Crippen LogP contribution in [0.15, 0.2) is 36.7 Å². The summed E-state index contributed by atoms with van der Waals surface area (Å²) in [4.78, 5) is 16.0. The van der Waals surface area contributed by atoms with Crippen molar-refractivity contribution < 1.29 is 9.18 Å². The predicted molar refractivity (Wildman–Crippen MR) is 81.1 cm³/mol. The van der Waals surface area contributed by atoms with Gasteiger partial charge in [0.05, 0.1) is 28.1 Å². The highest BCUT2D eigenvalue weighted by Crippen LogP contribution is 2.30. The normalized spacial score (nSPS) is 12.0. The number of halogens is 3. The van der Waals surface area contributed by atoms with Gasteiger partial charge in [-0.1, -0.05) is 35.3 Å². The molecule has 0 fully saturated rings. The van der Waals surface area contributed by atoms with Crippen molar-refractivity contribution in [1.82, 2.24) is 10.3 Å². The van der Waals surface area contributed by atoms with Crippen LogP contribution in [-0.4, -0.2) is 17.9 Å². The Labute approximate surface area is 131 Å². The molecule has 0 saturated carbocycles. The molecule has 0 spiro atoms. The number of likely N-dealkylation sites (N-methyl/N-ethyl adjacent to an activating group) is 1. The van der Waals surface area contributed by atoms with Crippen molar-refractivity contribution >= 4 is 34.8 Å². The van der Waals surface area contributed by atoms with Crippen molar-refractivity contribution in [2.45, 2.75) is 6.04 Å². The molecule has 0 aliphatic carbocycles. The van der Waals surface area contributed by atoms with Crippen LogP contribution in [0.1, 0.15) is 11.6 Å². The molecular weight excluding hydrogens is 316 g/mol. The second-order valence-corrected chi connectivity index (χ2v) is 5.03. The number of aromatic nitrogens is 1. The van der Waals surface area contributed by atoms with E-state index >= 15 is 0 Å². The number of amides is 1. The molecule has 0 aliphatic rings. The van der Waals surface area contributed by atoms with Gasteiger partial charge in [-0.3, -0.25) is 9.78 Å². The molecular formula is C14H12Cl2FN3O. The average molecular weight is 328 g/mol. The fourth-order valence-corrected chi connectivity index (χ4v) is 2.28. The number of carbonyl (C=O) groups is 1. The van der Waals surface area contributed by atoms with Crippen LogP contribution in [0.5, 0.6) is 0 Å². The summed E-state index contributed by atoms with van der Waals surface area (Å²) in [5.74, 6) is -0.927. The molecule has 0 bridgehead atoms. The third-order valence-electron chi connectivity index (χ3n) is 2.82. The number of nitrogens with zero attached hydrogens (tertiary/aromatic N) is 1. The number of hydrogen-bond donors (Lipinski definition) is 2. The molecule has 1 amide bonds. The van der Waals surface area contributed by atoms with E-state index in [2.05, 4.69) is 15.6 Å². The smallest absolute Gasteiger partial charge is 0.246 e. The first-order valence-electron chi connectivity index (χ1n) is 6.05. The monoisotopic (exact) mass is 327 g/mol. The molecule has 2 aromatic rings. The van der Waals surface area contributed by atoms with Gasteiger partial charge in [-0.15, -0.1) is 0 Å². The number of rotatable bonds is 4. The van der Waals surface area contributed by atoms with Crippen LogP contribution >= 0.6 is 23.2 Å². The lowest BCUT2D eigenvalue weighted by molar-refractivity contribution is -0.118. The highest BCUT2D eigenvalue weighted by atomic mass is 35.5. The topological polar surface area (TPSA) is 54.0 Å². The van der Waals surface area contributed by atoms with E-state index in [1.54, 1.807) is 25.2 Å². The zero-order valence-electron chi connectivity index (χ0n) is 11.0. The van der Waals surface area contributed by atoms with Crippen LogP contribution in [0.2, 0.25) is 10.0 Å². The van der Waals surface area contributed by atoms with Crippen LogP contribution in [0.25, 0.3) is 0 Å². The van der Waals surface area contributed by atoms with E-state index in [0.717, 1.165) is 6.20 Å². The maximum Gasteiger partial charge on any atom is 0.246 e. The highest BCUT2D eigenvalue weighted by Gasteiger charge is 2.22. The molecule has 2 N–H and O–H groups in total. The Balaban J connectivity index is 2.25. The van der Waals surface area contributed by atoms with Gasteiger partial charge in [-0.05, 0) is 18.7 Å². The number of anilines is 1. The lowest BCUT2D eigenvalue weighted by Crippen LogP contribution is -2.31. The van der Waals surface area contributed by atoms with Crippen molar-refractivity contribution in [3.63, 3.8) is 0 Å². The Kier molecular flexibility index (Phi) is 5.12. The van der Waals surface area contributed by atoms with E-state index in [9.17, 15) is 9.18 Å². The number of nitrogens with one attached hydrogen (secondary N) is 2. The Morgan fingerprint density at radius 3 is 2.76 bits per heavy atom. The summed E-state index contributed by atoms with van der Waals surface area (Å²) >= 11 is 12.1.